The van der Waals surface area contributed by atoms with E-state index in [2.05, 4.69) is 81.1 Å². The number of benzene rings is 1. The molecule has 5 heteroatoms. The Labute approximate surface area is 157 Å². The molecule has 3 rings (SSSR count). The summed E-state index contributed by atoms with van der Waals surface area (Å²) in [6.07, 6.45) is 3.95. The van der Waals surface area contributed by atoms with E-state index in [0.29, 0.717) is 5.45 Å². The molecule has 1 aliphatic heterocycles. The number of nitrogens with one attached hydrogen (secondary N) is 1. The summed E-state index contributed by atoms with van der Waals surface area (Å²) >= 11 is 3.63. The Morgan fingerprint density at radius 3 is 2.72 bits per heavy atom. The predicted molar refractivity (Wildman–Crippen MR) is 110 cm³/mol. The van der Waals surface area contributed by atoms with Crippen molar-refractivity contribution < 1.29 is 0 Å². The second-order valence-corrected chi connectivity index (χ2v) is 6.44. The van der Waals surface area contributed by atoms with Gasteiger partial charge in [-0.15, -0.1) is 0 Å². The van der Waals surface area contributed by atoms with Crippen LogP contribution in [-0.2, 0) is 5.45 Å². The molecule has 4 nitrogen and oxygen atoms in total. The minimum Gasteiger partial charge on any atom is -0.378 e. The van der Waals surface area contributed by atoms with Gasteiger partial charge in [0.25, 0.3) is 0 Å². The fourth-order valence-corrected chi connectivity index (χ4v) is 3.59. The van der Waals surface area contributed by atoms with Gasteiger partial charge in [-0.1, -0.05) is 46.3 Å². The summed E-state index contributed by atoms with van der Waals surface area (Å²) in [5.74, 6) is 0. The van der Waals surface area contributed by atoms with Gasteiger partial charge in [-0.3, -0.25) is 9.98 Å². The molecule has 0 atom stereocenters. The van der Waals surface area contributed by atoms with E-state index >= 15 is 0 Å². The molecule has 0 saturated heterocycles. The van der Waals surface area contributed by atoms with Gasteiger partial charge in [0.15, 0.2) is 5.49 Å². The molecule has 0 aliphatic carbocycles. The van der Waals surface area contributed by atoms with Crippen molar-refractivity contribution in [3.8, 4) is 11.1 Å². The number of hydrogen-bond acceptors (Lipinski definition) is 3. The highest BCUT2D eigenvalue weighted by Crippen LogP contribution is 2.25. The number of allylic oxidation sites excluding steroid dienone is 1. The standard InChI is InChI=1S/C20H23BrN4/c1-3-23-20-19(24-13-16-9-10-22-12-16)11-18(15(2)25(20)14-21)17-7-5-4-6-8-17/h4-11,24H,3,12-14H2,1-2H3. The molecule has 1 N–H and O–H groups in total. The first-order valence-electron chi connectivity index (χ1n) is 8.52. The number of alkyl halides is 1. The minimum atomic E-state index is 0.707. The Hall–Kier alpha value is -2.14. The van der Waals surface area contributed by atoms with E-state index in [-0.39, 0.29) is 0 Å². The molecule has 130 valence electrons. The predicted octanol–water partition coefficient (Wildman–Crippen LogP) is 4.16. The first kappa shape index (κ1) is 17.7. The third kappa shape index (κ3) is 3.93. The van der Waals surface area contributed by atoms with Gasteiger partial charge in [0, 0.05) is 30.6 Å². The van der Waals surface area contributed by atoms with Gasteiger partial charge >= 0.3 is 0 Å². The van der Waals surface area contributed by atoms with E-state index in [0.717, 1.165) is 30.8 Å². The zero-order valence-electron chi connectivity index (χ0n) is 14.7. The minimum absolute atomic E-state index is 0.707. The number of rotatable bonds is 6. The molecule has 0 amide bonds. The molecule has 1 aromatic carbocycles. The molecule has 0 saturated carbocycles. The summed E-state index contributed by atoms with van der Waals surface area (Å²) in [7, 11) is 0. The summed E-state index contributed by atoms with van der Waals surface area (Å²) in [5, 5.41) is 3.57. The average Bonchev–Trinajstić information content (AvgIpc) is 3.16. The SMILES string of the molecule is CCN=c1c(NCC2=CC=NC2)cc(-c2ccccc2)c(C)n1CBr. The van der Waals surface area contributed by atoms with Gasteiger partial charge in [0.05, 0.1) is 17.7 Å². The number of aromatic nitrogens is 1. The maximum atomic E-state index is 4.74. The van der Waals surface area contributed by atoms with Crippen molar-refractivity contribution in [2.45, 2.75) is 19.3 Å². The lowest BCUT2D eigenvalue weighted by molar-refractivity contribution is 0.774. The summed E-state index contributed by atoms with van der Waals surface area (Å²) < 4.78 is 2.22. The van der Waals surface area contributed by atoms with Crippen LogP contribution in [0.5, 0.6) is 0 Å². The van der Waals surface area contributed by atoms with Gasteiger partial charge in [-0.25, -0.2) is 0 Å². The van der Waals surface area contributed by atoms with E-state index < -0.39 is 0 Å². The van der Waals surface area contributed by atoms with E-state index in [1.54, 1.807) is 0 Å². The lowest BCUT2D eigenvalue weighted by Crippen LogP contribution is -2.27. The van der Waals surface area contributed by atoms with Gasteiger partial charge in [-0.05, 0) is 37.1 Å². The molecule has 25 heavy (non-hydrogen) atoms. The highest BCUT2D eigenvalue weighted by atomic mass is 79.9. The monoisotopic (exact) mass is 398 g/mol. The third-order valence-corrected chi connectivity index (χ3v) is 4.81. The fraction of sp³-hybridized carbons (Fsp3) is 0.300. The quantitative estimate of drug-likeness (QED) is 0.729. The Morgan fingerprint density at radius 2 is 2.08 bits per heavy atom. The largest absolute Gasteiger partial charge is 0.378 e. The zero-order chi connectivity index (χ0) is 17.6. The highest BCUT2D eigenvalue weighted by Gasteiger charge is 2.12. The molecule has 2 aromatic rings. The number of nitrogens with zero attached hydrogens (tertiary/aromatic N) is 3. The Kier molecular flexibility index (Phi) is 5.87. The van der Waals surface area contributed by atoms with Gasteiger partial charge in [0.2, 0.25) is 0 Å². The molecular weight excluding hydrogens is 376 g/mol. The van der Waals surface area contributed by atoms with Crippen LogP contribution in [0, 0.1) is 6.92 Å². The number of halogens is 1. The van der Waals surface area contributed by atoms with Crippen LogP contribution >= 0.6 is 15.9 Å². The van der Waals surface area contributed by atoms with E-state index in [9.17, 15) is 0 Å². The molecule has 2 heterocycles. The molecule has 0 bridgehead atoms. The molecule has 0 radical (unpaired) electrons. The van der Waals surface area contributed by atoms with Crippen molar-refractivity contribution >= 4 is 27.8 Å². The van der Waals surface area contributed by atoms with Crippen molar-refractivity contribution in [3.05, 3.63) is 59.2 Å². The van der Waals surface area contributed by atoms with Gasteiger partial charge < -0.3 is 9.88 Å². The number of pyridine rings is 1. The van der Waals surface area contributed by atoms with Crippen molar-refractivity contribution in [1.82, 2.24) is 4.57 Å². The van der Waals surface area contributed by atoms with Crippen LogP contribution < -0.4 is 10.8 Å². The second kappa shape index (κ2) is 8.30. The van der Waals surface area contributed by atoms with Gasteiger partial charge in [-0.2, -0.15) is 0 Å². The zero-order valence-corrected chi connectivity index (χ0v) is 16.3. The van der Waals surface area contributed by atoms with Crippen LogP contribution in [0.4, 0.5) is 5.69 Å². The molecule has 1 aliphatic rings. The van der Waals surface area contributed by atoms with Crippen LogP contribution in [0.25, 0.3) is 11.1 Å². The molecule has 1 aromatic heterocycles. The van der Waals surface area contributed by atoms with Crippen molar-refractivity contribution in [1.29, 1.82) is 0 Å². The maximum Gasteiger partial charge on any atom is 0.152 e. The molecule has 0 unspecified atom stereocenters. The van der Waals surface area contributed by atoms with E-state index in [4.69, 9.17) is 4.99 Å². The van der Waals surface area contributed by atoms with Gasteiger partial charge in [0.1, 0.15) is 0 Å². The topological polar surface area (TPSA) is 41.7 Å². The summed E-state index contributed by atoms with van der Waals surface area (Å²) in [5.41, 5.74) is 7.66. The second-order valence-electron chi connectivity index (χ2n) is 5.94. The average molecular weight is 399 g/mol. The number of hydrogen-bond donors (Lipinski definition) is 1. The van der Waals surface area contributed by atoms with Crippen LogP contribution in [0.2, 0.25) is 0 Å². The number of anilines is 1. The Bertz CT molecular complexity index is 863. The Balaban J connectivity index is 2.08. The summed E-state index contributed by atoms with van der Waals surface area (Å²) in [6, 6.07) is 12.7. The van der Waals surface area contributed by atoms with Crippen LogP contribution in [0.15, 0.2) is 58.0 Å². The number of aliphatic imine (C=N–C) groups is 1. The van der Waals surface area contributed by atoms with Crippen molar-refractivity contribution in [2.75, 3.05) is 25.0 Å². The van der Waals surface area contributed by atoms with Crippen LogP contribution in [0.1, 0.15) is 12.6 Å². The normalized spacial score (nSPS) is 14.0. The lowest BCUT2D eigenvalue weighted by Gasteiger charge is -2.18. The Morgan fingerprint density at radius 1 is 1.28 bits per heavy atom. The third-order valence-electron chi connectivity index (χ3n) is 4.31. The molecule has 0 fully saturated rings. The molecular formula is C20H23BrN4. The van der Waals surface area contributed by atoms with Crippen LogP contribution in [0.3, 0.4) is 0 Å². The highest BCUT2D eigenvalue weighted by molar-refractivity contribution is 9.08. The van der Waals surface area contributed by atoms with Crippen molar-refractivity contribution in [2.24, 2.45) is 9.98 Å². The van der Waals surface area contributed by atoms with E-state index in [1.165, 1.54) is 22.4 Å². The fourth-order valence-electron chi connectivity index (χ4n) is 2.97. The maximum absolute atomic E-state index is 4.74. The summed E-state index contributed by atoms with van der Waals surface area (Å²) in [6.45, 7) is 6.53. The lowest BCUT2D eigenvalue weighted by atomic mass is 10.0. The smallest absolute Gasteiger partial charge is 0.152 e. The summed E-state index contributed by atoms with van der Waals surface area (Å²) in [4.78, 5) is 8.99. The molecule has 0 spiro atoms. The van der Waals surface area contributed by atoms with Crippen LogP contribution in [-0.4, -0.2) is 30.4 Å². The van der Waals surface area contributed by atoms with Crippen molar-refractivity contribution in [3.63, 3.8) is 0 Å². The first-order chi connectivity index (χ1) is 12.2. The first-order valence-corrected chi connectivity index (χ1v) is 9.64. The van der Waals surface area contributed by atoms with E-state index in [1.807, 2.05) is 12.3 Å².